The van der Waals surface area contributed by atoms with Crippen molar-refractivity contribution in [2.45, 2.75) is 11.8 Å². The maximum atomic E-state index is 13.0. The molecular weight excluding hydrogens is 303 g/mol. The monoisotopic (exact) mass is 316 g/mol. The third kappa shape index (κ3) is 2.53. The molecule has 0 saturated carbocycles. The first kappa shape index (κ1) is 14.5. The molecule has 0 spiro atoms. The van der Waals surface area contributed by atoms with E-state index in [9.17, 15) is 12.8 Å². The van der Waals surface area contributed by atoms with Crippen LogP contribution in [0.2, 0.25) is 0 Å². The molecular formula is C16H13FN2O2S. The fourth-order valence-corrected chi connectivity index (χ4v) is 3.50. The van der Waals surface area contributed by atoms with Crippen LogP contribution >= 0.6 is 0 Å². The van der Waals surface area contributed by atoms with E-state index in [1.54, 1.807) is 13.0 Å². The molecule has 0 aliphatic rings. The Kier molecular flexibility index (Phi) is 3.54. The molecule has 0 fully saturated rings. The lowest BCUT2D eigenvalue weighted by Crippen LogP contribution is -2.16. The van der Waals surface area contributed by atoms with Crippen molar-refractivity contribution >= 4 is 10.0 Å². The van der Waals surface area contributed by atoms with E-state index >= 15 is 0 Å². The van der Waals surface area contributed by atoms with Gasteiger partial charge in [-0.15, -0.1) is 0 Å². The fourth-order valence-electron chi connectivity index (χ4n) is 2.17. The molecule has 2 aromatic carbocycles. The summed E-state index contributed by atoms with van der Waals surface area (Å²) in [7, 11) is -3.87. The average molecular weight is 316 g/mol. The van der Waals surface area contributed by atoms with Crippen LogP contribution in [-0.2, 0) is 10.0 Å². The van der Waals surface area contributed by atoms with Crippen LogP contribution in [0.3, 0.4) is 0 Å². The van der Waals surface area contributed by atoms with E-state index in [2.05, 4.69) is 5.10 Å². The minimum absolute atomic E-state index is 0.00539. The summed E-state index contributed by atoms with van der Waals surface area (Å²) in [6.07, 6.45) is 0. The number of nitrogens with zero attached hydrogens (tertiary/aromatic N) is 2. The number of aromatic nitrogens is 2. The molecule has 4 nitrogen and oxygen atoms in total. The molecule has 3 aromatic rings. The standard InChI is InChI=1S/C16H13FN2O2S/c1-12-11-16(13-5-3-2-4-6-13)19(18-12)22(20,21)15-9-7-14(17)8-10-15/h2-11H,1H3. The molecule has 0 N–H and O–H groups in total. The van der Waals surface area contributed by atoms with Crippen LogP contribution in [-0.4, -0.2) is 17.6 Å². The topological polar surface area (TPSA) is 52.0 Å². The van der Waals surface area contributed by atoms with Crippen LogP contribution in [0.4, 0.5) is 4.39 Å². The third-order valence-corrected chi connectivity index (χ3v) is 4.81. The van der Waals surface area contributed by atoms with Crippen LogP contribution < -0.4 is 0 Å². The number of benzene rings is 2. The van der Waals surface area contributed by atoms with Gasteiger partial charge in [-0.05, 0) is 37.3 Å². The molecule has 1 aromatic heterocycles. The Morgan fingerprint density at radius 3 is 2.27 bits per heavy atom. The quantitative estimate of drug-likeness (QED) is 0.745. The van der Waals surface area contributed by atoms with Gasteiger partial charge in [0, 0.05) is 5.56 Å². The summed E-state index contributed by atoms with van der Waals surface area (Å²) in [5.74, 6) is -0.487. The summed E-state index contributed by atoms with van der Waals surface area (Å²) in [4.78, 5) is -0.00539. The Balaban J connectivity index is 2.18. The van der Waals surface area contributed by atoms with Gasteiger partial charge in [-0.2, -0.15) is 17.6 Å². The van der Waals surface area contributed by atoms with Crippen molar-refractivity contribution < 1.29 is 12.8 Å². The second kappa shape index (κ2) is 5.38. The van der Waals surface area contributed by atoms with Gasteiger partial charge in [0.1, 0.15) is 5.82 Å². The van der Waals surface area contributed by atoms with E-state index in [0.717, 1.165) is 21.8 Å². The Bertz CT molecular complexity index is 901. The second-order valence-electron chi connectivity index (χ2n) is 4.84. The first-order chi connectivity index (χ1) is 10.5. The summed E-state index contributed by atoms with van der Waals surface area (Å²) in [5.41, 5.74) is 1.81. The fraction of sp³-hybridized carbons (Fsp3) is 0.0625. The first-order valence-electron chi connectivity index (χ1n) is 6.62. The van der Waals surface area contributed by atoms with E-state index in [1.165, 1.54) is 12.1 Å². The highest BCUT2D eigenvalue weighted by molar-refractivity contribution is 7.90. The molecule has 1 heterocycles. The molecule has 112 valence electrons. The van der Waals surface area contributed by atoms with E-state index in [4.69, 9.17) is 0 Å². The smallest absolute Gasteiger partial charge is 0.207 e. The van der Waals surface area contributed by atoms with Gasteiger partial charge in [-0.3, -0.25) is 0 Å². The Labute approximate surface area is 127 Å². The Morgan fingerprint density at radius 2 is 1.64 bits per heavy atom. The molecule has 0 atom stereocenters. The molecule has 0 aliphatic heterocycles. The minimum Gasteiger partial charge on any atom is -0.207 e. The molecule has 0 unspecified atom stereocenters. The predicted molar refractivity (Wildman–Crippen MR) is 81.4 cm³/mol. The predicted octanol–water partition coefficient (Wildman–Crippen LogP) is 3.23. The Morgan fingerprint density at radius 1 is 1.00 bits per heavy atom. The summed E-state index contributed by atoms with van der Waals surface area (Å²) < 4.78 is 39.5. The summed E-state index contributed by atoms with van der Waals surface area (Å²) in [6, 6.07) is 15.5. The van der Waals surface area contributed by atoms with Crippen molar-refractivity contribution in [1.29, 1.82) is 0 Å². The van der Waals surface area contributed by atoms with Crippen LogP contribution in [0.25, 0.3) is 11.3 Å². The molecule has 0 amide bonds. The van der Waals surface area contributed by atoms with Crippen LogP contribution in [0, 0.1) is 12.7 Å². The first-order valence-corrected chi connectivity index (χ1v) is 8.06. The zero-order valence-corrected chi connectivity index (χ0v) is 12.6. The maximum absolute atomic E-state index is 13.0. The van der Waals surface area contributed by atoms with Crippen LogP contribution in [0.5, 0.6) is 0 Å². The van der Waals surface area contributed by atoms with E-state index in [0.29, 0.717) is 11.4 Å². The molecule has 6 heteroatoms. The van der Waals surface area contributed by atoms with Gasteiger partial charge >= 0.3 is 0 Å². The molecule has 0 radical (unpaired) electrons. The maximum Gasteiger partial charge on any atom is 0.283 e. The van der Waals surface area contributed by atoms with Gasteiger partial charge in [0.25, 0.3) is 10.0 Å². The summed E-state index contributed by atoms with van der Waals surface area (Å²) in [6.45, 7) is 1.73. The zero-order chi connectivity index (χ0) is 15.7. The normalized spacial score (nSPS) is 11.5. The number of rotatable bonds is 3. The third-order valence-electron chi connectivity index (χ3n) is 3.21. The van der Waals surface area contributed by atoms with Gasteiger partial charge in [-0.1, -0.05) is 30.3 Å². The Hall–Kier alpha value is -2.47. The van der Waals surface area contributed by atoms with Gasteiger partial charge in [0.15, 0.2) is 0 Å². The second-order valence-corrected chi connectivity index (χ2v) is 6.61. The number of halogens is 1. The molecule has 0 saturated heterocycles. The van der Waals surface area contributed by atoms with Crippen molar-refractivity contribution in [1.82, 2.24) is 9.19 Å². The van der Waals surface area contributed by atoms with E-state index in [-0.39, 0.29) is 4.90 Å². The van der Waals surface area contributed by atoms with Gasteiger partial charge in [-0.25, -0.2) is 4.39 Å². The SMILES string of the molecule is Cc1cc(-c2ccccc2)n(S(=O)(=O)c2ccc(F)cc2)n1. The minimum atomic E-state index is -3.87. The number of hydrogen-bond donors (Lipinski definition) is 0. The average Bonchev–Trinajstić information content (AvgIpc) is 2.91. The van der Waals surface area contributed by atoms with Crippen molar-refractivity contribution in [3.63, 3.8) is 0 Å². The highest BCUT2D eigenvalue weighted by atomic mass is 32.2. The molecule has 22 heavy (non-hydrogen) atoms. The summed E-state index contributed by atoms with van der Waals surface area (Å²) in [5, 5.41) is 4.09. The highest BCUT2D eigenvalue weighted by Crippen LogP contribution is 2.24. The van der Waals surface area contributed by atoms with E-state index < -0.39 is 15.8 Å². The molecule has 0 bridgehead atoms. The highest BCUT2D eigenvalue weighted by Gasteiger charge is 2.22. The van der Waals surface area contributed by atoms with Gasteiger partial charge in [0.05, 0.1) is 16.3 Å². The van der Waals surface area contributed by atoms with Crippen molar-refractivity contribution in [2.75, 3.05) is 0 Å². The van der Waals surface area contributed by atoms with Gasteiger partial charge < -0.3 is 0 Å². The van der Waals surface area contributed by atoms with Crippen molar-refractivity contribution in [3.8, 4) is 11.3 Å². The number of aryl methyl sites for hydroxylation is 1. The van der Waals surface area contributed by atoms with Crippen molar-refractivity contribution in [3.05, 3.63) is 72.2 Å². The van der Waals surface area contributed by atoms with Crippen LogP contribution in [0.1, 0.15) is 5.69 Å². The van der Waals surface area contributed by atoms with E-state index in [1.807, 2.05) is 30.3 Å². The van der Waals surface area contributed by atoms with Gasteiger partial charge in [0.2, 0.25) is 0 Å². The zero-order valence-electron chi connectivity index (χ0n) is 11.8. The lowest BCUT2D eigenvalue weighted by Gasteiger charge is -2.09. The lowest BCUT2D eigenvalue weighted by atomic mass is 10.1. The molecule has 0 aliphatic carbocycles. The largest absolute Gasteiger partial charge is 0.283 e. The lowest BCUT2D eigenvalue weighted by molar-refractivity contribution is 0.579. The molecule has 3 rings (SSSR count). The van der Waals surface area contributed by atoms with Crippen LogP contribution in [0.15, 0.2) is 65.6 Å². The summed E-state index contributed by atoms with van der Waals surface area (Å²) >= 11 is 0. The number of hydrogen-bond acceptors (Lipinski definition) is 3. The van der Waals surface area contributed by atoms with Crippen molar-refractivity contribution in [2.24, 2.45) is 0 Å².